The van der Waals surface area contributed by atoms with E-state index in [1.54, 1.807) is 0 Å². The molecule has 257 valence electrons. The van der Waals surface area contributed by atoms with Crippen molar-refractivity contribution in [2.75, 3.05) is 0 Å². The van der Waals surface area contributed by atoms with Crippen LogP contribution in [0, 0.1) is 24.8 Å². The van der Waals surface area contributed by atoms with Crippen molar-refractivity contribution < 1.29 is 42.3 Å². The first-order chi connectivity index (χ1) is 26.1. The molecule has 48 heavy (non-hydrogen) atoms. The molecule has 2 heterocycles. The number of benzene rings is 3. The van der Waals surface area contributed by atoms with E-state index in [4.69, 9.17) is 11.0 Å². The van der Waals surface area contributed by atoms with Crippen molar-refractivity contribution in [2.24, 2.45) is 11.8 Å². The van der Waals surface area contributed by atoms with Gasteiger partial charge in [0.15, 0.2) is 5.78 Å². The van der Waals surface area contributed by atoms with Crippen LogP contribution in [-0.2, 0) is 35.7 Å². The average molecular weight is 848 g/mol. The Bertz CT molecular complexity index is 2430. The third-order valence-corrected chi connectivity index (χ3v) is 11.3. The van der Waals surface area contributed by atoms with Crippen LogP contribution in [0.25, 0.3) is 42.2 Å². The molecule has 3 aromatic carbocycles. The molecule has 1 aliphatic carbocycles. The first-order valence-corrected chi connectivity index (χ1v) is 17.7. The SMILES string of the molecule is CCC(CC)C(=O)/C=C(\O)C(CC)CC.[2H]c1nc(-c2[c-]c3c([2H])c([2H])c([2H])c([2H])c3c([2H])c2[2H])c2sc3c(C)c4c(c([2H])c3c2c1[2H])C(C)(C)CCC4(C)C.[Ir]. The summed E-state index contributed by atoms with van der Waals surface area (Å²) in [4.78, 5) is 16.1. The van der Waals surface area contributed by atoms with Crippen LogP contribution in [0.5, 0.6) is 0 Å². The predicted octanol–water partition coefficient (Wildman–Crippen LogP) is 12.6. The Kier molecular flexibility index (Phi) is 8.62. The van der Waals surface area contributed by atoms with E-state index in [1.165, 1.54) is 17.4 Å². The molecule has 0 bridgehead atoms. The number of aromatic nitrogens is 1. The molecule has 0 saturated carbocycles. The smallest absolute Gasteiger partial charge is 0.162 e. The number of thiophene rings is 1. The van der Waals surface area contributed by atoms with E-state index in [-0.39, 0.29) is 107 Å². The van der Waals surface area contributed by atoms with Gasteiger partial charge >= 0.3 is 0 Å². The Hall–Kier alpha value is -2.85. The molecule has 0 fully saturated rings. The molecule has 0 saturated heterocycles. The van der Waals surface area contributed by atoms with Gasteiger partial charge in [-0.05, 0) is 90.4 Å². The number of pyridine rings is 1. The number of nitrogens with zero attached hydrogens (tertiary/aromatic N) is 1. The van der Waals surface area contributed by atoms with E-state index in [0.717, 1.165) is 59.9 Å². The van der Waals surface area contributed by atoms with E-state index >= 15 is 0 Å². The maximum Gasteiger partial charge on any atom is 0.162 e. The molecule has 1 radical (unpaired) electrons. The number of allylic oxidation sites excluding steroid dienone is 2. The zero-order valence-corrected chi connectivity index (χ0v) is 32.7. The van der Waals surface area contributed by atoms with E-state index < -0.39 is 18.1 Å². The van der Waals surface area contributed by atoms with Gasteiger partial charge in [-0.15, -0.1) is 40.9 Å². The predicted molar refractivity (Wildman–Crippen MR) is 203 cm³/mol. The number of aryl methyl sites for hydroxylation is 1. The topological polar surface area (TPSA) is 50.2 Å². The van der Waals surface area contributed by atoms with Crippen LogP contribution in [-0.4, -0.2) is 15.9 Å². The molecule has 5 aromatic rings. The number of hydrogen-bond acceptors (Lipinski definition) is 4. The number of rotatable bonds is 8. The molecule has 0 spiro atoms. The van der Waals surface area contributed by atoms with Crippen LogP contribution in [0.3, 0.4) is 0 Å². The fourth-order valence-corrected chi connectivity index (χ4v) is 8.07. The third kappa shape index (κ3) is 7.35. The van der Waals surface area contributed by atoms with Crippen LogP contribution in [0.2, 0.25) is 0 Å². The molecular weight excluding hydrogens is 787 g/mol. The van der Waals surface area contributed by atoms with E-state index in [0.29, 0.717) is 21.5 Å². The van der Waals surface area contributed by atoms with Crippen LogP contribution in [0.1, 0.15) is 123 Å². The Balaban J connectivity index is 0.000000385. The van der Waals surface area contributed by atoms with Gasteiger partial charge in [-0.3, -0.25) is 9.78 Å². The Morgan fingerprint density at radius 1 is 0.938 bits per heavy atom. The molecule has 2 aromatic heterocycles. The van der Waals surface area contributed by atoms with Crippen molar-refractivity contribution in [3.05, 3.63) is 89.1 Å². The summed E-state index contributed by atoms with van der Waals surface area (Å²) < 4.78 is 78.5. The molecule has 0 unspecified atom stereocenters. The quantitative estimate of drug-likeness (QED) is 0.0961. The van der Waals surface area contributed by atoms with Gasteiger partial charge in [0.05, 0.1) is 14.0 Å². The number of fused-ring (bicyclic) bond motifs is 5. The maximum absolute atomic E-state index is 11.7. The molecule has 0 atom stereocenters. The summed E-state index contributed by atoms with van der Waals surface area (Å²) >= 11 is 1.35. The van der Waals surface area contributed by atoms with Gasteiger partial charge in [0, 0.05) is 68.8 Å². The average Bonchev–Trinajstić information content (AvgIpc) is 3.56. The van der Waals surface area contributed by atoms with E-state index in [1.807, 2.05) is 34.6 Å². The Morgan fingerprint density at radius 2 is 1.58 bits per heavy atom. The largest absolute Gasteiger partial charge is 0.512 e. The van der Waals surface area contributed by atoms with Crippen molar-refractivity contribution in [3.8, 4) is 11.3 Å². The zero-order valence-electron chi connectivity index (χ0n) is 38.5. The van der Waals surface area contributed by atoms with Gasteiger partial charge in [0.25, 0.3) is 0 Å². The maximum atomic E-state index is 11.7. The van der Waals surface area contributed by atoms with Crippen molar-refractivity contribution in [3.63, 3.8) is 0 Å². The number of aliphatic hydroxyl groups is 1. The minimum atomic E-state index is -0.484. The minimum absolute atomic E-state index is 0. The summed E-state index contributed by atoms with van der Waals surface area (Å²) in [6.45, 7) is 18.8. The summed E-state index contributed by atoms with van der Waals surface area (Å²) in [7, 11) is 0. The van der Waals surface area contributed by atoms with Gasteiger partial charge in [0.2, 0.25) is 0 Å². The van der Waals surface area contributed by atoms with Crippen molar-refractivity contribution in [1.29, 1.82) is 0 Å². The summed E-state index contributed by atoms with van der Waals surface area (Å²) in [5.74, 6) is 0.547. The van der Waals surface area contributed by atoms with Crippen LogP contribution in [0.4, 0.5) is 0 Å². The fourth-order valence-electron chi connectivity index (χ4n) is 6.86. The summed E-state index contributed by atoms with van der Waals surface area (Å²) in [6.07, 6.45) is 6.46. The fraction of sp³-hybridized carbons (Fsp3) is 0.442. The Morgan fingerprint density at radius 3 is 2.25 bits per heavy atom. The summed E-state index contributed by atoms with van der Waals surface area (Å²) in [6, 6.07) is 0.762. The van der Waals surface area contributed by atoms with Crippen molar-refractivity contribution >= 4 is 48.1 Å². The van der Waals surface area contributed by atoms with Crippen LogP contribution < -0.4 is 0 Å². The summed E-state index contributed by atoms with van der Waals surface area (Å²) in [5.41, 5.74) is 2.94. The van der Waals surface area contributed by atoms with Crippen LogP contribution in [0.15, 0.2) is 66.3 Å². The van der Waals surface area contributed by atoms with Crippen LogP contribution >= 0.6 is 11.3 Å². The number of carbonyl (C=O) groups is 1. The number of hydrogen-bond donors (Lipinski definition) is 1. The monoisotopic (exact) mass is 848 g/mol. The van der Waals surface area contributed by atoms with E-state index in [2.05, 4.69) is 38.7 Å². The minimum Gasteiger partial charge on any atom is -0.512 e. The van der Waals surface area contributed by atoms with Gasteiger partial charge in [-0.25, -0.2) is 0 Å². The third-order valence-electron chi connectivity index (χ3n) is 9.98. The van der Waals surface area contributed by atoms with Gasteiger partial charge < -0.3 is 5.11 Å². The molecule has 0 aliphatic heterocycles. The molecule has 0 amide bonds. The second-order valence-corrected chi connectivity index (χ2v) is 15.0. The van der Waals surface area contributed by atoms with Gasteiger partial charge in [0.1, 0.15) is 0 Å². The molecule has 6 rings (SSSR count). The van der Waals surface area contributed by atoms with Crippen molar-refractivity contribution in [1.82, 2.24) is 4.98 Å². The molecular formula is C43H52IrNO2S-. The second-order valence-electron chi connectivity index (χ2n) is 14.0. The molecule has 3 nitrogen and oxygen atoms in total. The zero-order chi connectivity index (χ0) is 41.9. The van der Waals surface area contributed by atoms with E-state index in [9.17, 15) is 11.3 Å². The van der Waals surface area contributed by atoms with Gasteiger partial charge in [-0.1, -0.05) is 84.5 Å². The molecule has 5 heteroatoms. The van der Waals surface area contributed by atoms with Crippen molar-refractivity contribution in [2.45, 2.75) is 112 Å². The Labute approximate surface area is 318 Å². The normalized spacial score (nSPS) is 18.0. The molecule has 1 N–H and O–H groups in total. The number of carbonyl (C=O) groups excluding carboxylic acids is 1. The standard InChI is InChI=1S/C30H28NS.C13H24O2.Ir/c1-18-25-24(29(2,3)13-14-30(25,4)5)17-23-22-12-15-31-26(28(22)32-27(18)23)21-11-10-19-8-6-7-9-20(19)16-21;1-5-10(6-2)12(14)9-13(15)11(7-3)8-4;/h6-12,15,17H,13-14H2,1-5H3;9-11,14H,5-8H2,1-4H3;/q-1;;/b;12-9-;/i6D,7D,8D,9D,10D,11D,12D,15D,17D;;. The first-order valence-electron chi connectivity index (χ1n) is 21.4. The van der Waals surface area contributed by atoms with Gasteiger partial charge in [-0.2, -0.15) is 0 Å². The number of aliphatic hydroxyl groups excluding tert-OH is 1. The summed E-state index contributed by atoms with van der Waals surface area (Å²) in [5, 5.41) is 10.6. The molecule has 1 aliphatic rings. The number of ketones is 1. The second kappa shape index (κ2) is 15.4. The first kappa shape index (κ1) is 26.9.